The van der Waals surface area contributed by atoms with Crippen LogP contribution in [0.4, 0.5) is 0 Å². The molecule has 4 rings (SSSR count). The van der Waals surface area contributed by atoms with Crippen molar-refractivity contribution in [3.63, 3.8) is 0 Å². The standard InChI is InChI=1S/C19H26N4O3/c24-16-9-19(4-6-20-7-5-19)14(11-21-16)18(26)22-10-13-8-12-2-1-3-15(12)23-17(13)25/h8,14,20H,1-7,9-11H2,(H,21,24)(H,22,26)(H,23,25). The van der Waals surface area contributed by atoms with E-state index in [1.54, 1.807) is 0 Å². The van der Waals surface area contributed by atoms with Crippen LogP contribution in [-0.2, 0) is 29.0 Å². The zero-order valence-electron chi connectivity index (χ0n) is 15.0. The van der Waals surface area contributed by atoms with Crippen molar-refractivity contribution in [2.75, 3.05) is 19.6 Å². The predicted octanol–water partition coefficient (Wildman–Crippen LogP) is -0.0143. The number of amides is 2. The van der Waals surface area contributed by atoms with Crippen molar-refractivity contribution < 1.29 is 9.59 Å². The number of hydrogen-bond donors (Lipinski definition) is 4. The zero-order chi connectivity index (χ0) is 18.1. The summed E-state index contributed by atoms with van der Waals surface area (Å²) in [7, 11) is 0. The molecule has 2 fully saturated rings. The number of carbonyl (C=O) groups excluding carboxylic acids is 2. The Kier molecular flexibility index (Phi) is 4.56. The minimum absolute atomic E-state index is 0.0333. The molecule has 3 heterocycles. The van der Waals surface area contributed by atoms with Gasteiger partial charge in [-0.15, -0.1) is 0 Å². The summed E-state index contributed by atoms with van der Waals surface area (Å²) in [6, 6.07) is 1.93. The van der Waals surface area contributed by atoms with Gasteiger partial charge in [-0.05, 0) is 62.2 Å². The van der Waals surface area contributed by atoms with Crippen molar-refractivity contribution in [1.29, 1.82) is 0 Å². The molecule has 26 heavy (non-hydrogen) atoms. The first-order valence-electron chi connectivity index (χ1n) is 9.56. The van der Waals surface area contributed by atoms with Crippen LogP contribution in [0.3, 0.4) is 0 Å². The molecular weight excluding hydrogens is 332 g/mol. The van der Waals surface area contributed by atoms with E-state index >= 15 is 0 Å². The Balaban J connectivity index is 1.47. The highest BCUT2D eigenvalue weighted by Crippen LogP contribution is 2.42. The first-order valence-corrected chi connectivity index (χ1v) is 9.56. The molecule has 3 aliphatic rings. The van der Waals surface area contributed by atoms with E-state index in [9.17, 15) is 14.4 Å². The fourth-order valence-electron chi connectivity index (χ4n) is 4.76. The number of aromatic nitrogens is 1. The lowest BCUT2D eigenvalue weighted by atomic mass is 9.64. The summed E-state index contributed by atoms with van der Waals surface area (Å²) in [6.07, 6.45) is 5.05. The number of piperidine rings is 2. The van der Waals surface area contributed by atoms with Gasteiger partial charge in [0.2, 0.25) is 11.8 Å². The van der Waals surface area contributed by atoms with Crippen LogP contribution in [0.1, 0.15) is 42.5 Å². The molecule has 2 amide bonds. The molecule has 0 aromatic carbocycles. The lowest BCUT2D eigenvalue weighted by Crippen LogP contribution is -2.57. The monoisotopic (exact) mass is 358 g/mol. The van der Waals surface area contributed by atoms with E-state index < -0.39 is 0 Å². The van der Waals surface area contributed by atoms with Crippen molar-refractivity contribution in [2.24, 2.45) is 11.3 Å². The Labute approximate surface area is 152 Å². The van der Waals surface area contributed by atoms with E-state index in [0.717, 1.165) is 50.9 Å². The van der Waals surface area contributed by atoms with E-state index in [1.165, 1.54) is 5.56 Å². The summed E-state index contributed by atoms with van der Waals surface area (Å²) in [5.74, 6) is -0.270. The van der Waals surface area contributed by atoms with Crippen molar-refractivity contribution >= 4 is 11.8 Å². The third kappa shape index (κ3) is 3.16. The van der Waals surface area contributed by atoms with Crippen molar-refractivity contribution in [1.82, 2.24) is 20.9 Å². The smallest absolute Gasteiger partial charge is 0.253 e. The van der Waals surface area contributed by atoms with Gasteiger partial charge in [-0.2, -0.15) is 0 Å². The number of H-pyrrole nitrogens is 1. The largest absolute Gasteiger partial charge is 0.355 e. The van der Waals surface area contributed by atoms with Crippen LogP contribution in [0.2, 0.25) is 0 Å². The molecule has 0 radical (unpaired) electrons. The maximum Gasteiger partial charge on any atom is 0.253 e. The highest BCUT2D eigenvalue weighted by atomic mass is 16.2. The molecule has 0 saturated carbocycles. The van der Waals surface area contributed by atoms with Gasteiger partial charge >= 0.3 is 0 Å². The molecule has 7 heteroatoms. The minimum Gasteiger partial charge on any atom is -0.355 e. The predicted molar refractivity (Wildman–Crippen MR) is 96.6 cm³/mol. The molecule has 1 aromatic heterocycles. The van der Waals surface area contributed by atoms with Gasteiger partial charge in [-0.25, -0.2) is 0 Å². The van der Waals surface area contributed by atoms with Gasteiger partial charge < -0.3 is 20.9 Å². The second-order valence-electron chi connectivity index (χ2n) is 7.84. The Bertz CT molecular complexity index is 779. The number of carbonyl (C=O) groups is 2. The Morgan fingerprint density at radius 3 is 2.85 bits per heavy atom. The first kappa shape index (κ1) is 17.3. The van der Waals surface area contributed by atoms with E-state index in [0.29, 0.717) is 18.5 Å². The van der Waals surface area contributed by atoms with E-state index in [4.69, 9.17) is 0 Å². The normalized spacial score (nSPS) is 24.2. The number of rotatable bonds is 3. The number of fused-ring (bicyclic) bond motifs is 1. The molecule has 1 aliphatic carbocycles. The fourth-order valence-corrected chi connectivity index (χ4v) is 4.76. The van der Waals surface area contributed by atoms with E-state index in [-0.39, 0.29) is 35.3 Å². The number of pyridine rings is 1. The van der Waals surface area contributed by atoms with Gasteiger partial charge in [-0.1, -0.05) is 0 Å². The Morgan fingerprint density at radius 2 is 2.04 bits per heavy atom. The van der Waals surface area contributed by atoms with Gasteiger partial charge in [0.05, 0.1) is 5.92 Å². The van der Waals surface area contributed by atoms with Crippen LogP contribution < -0.4 is 21.5 Å². The SMILES string of the molecule is O=C1CC2(CCNCC2)C(C(=O)NCc2cc3c([nH]c2=O)CCC3)CN1. The highest BCUT2D eigenvalue weighted by molar-refractivity contribution is 5.85. The molecule has 1 unspecified atom stereocenters. The number of nitrogens with one attached hydrogen (secondary N) is 4. The minimum atomic E-state index is -0.262. The summed E-state index contributed by atoms with van der Waals surface area (Å²) < 4.78 is 0. The number of hydrogen-bond acceptors (Lipinski definition) is 4. The van der Waals surface area contributed by atoms with Crippen molar-refractivity contribution in [3.8, 4) is 0 Å². The fraction of sp³-hybridized carbons (Fsp3) is 0.632. The molecule has 2 saturated heterocycles. The van der Waals surface area contributed by atoms with Crippen LogP contribution in [0.5, 0.6) is 0 Å². The van der Waals surface area contributed by atoms with Crippen LogP contribution >= 0.6 is 0 Å². The van der Waals surface area contributed by atoms with Crippen molar-refractivity contribution in [3.05, 3.63) is 33.2 Å². The average molecular weight is 358 g/mol. The van der Waals surface area contributed by atoms with E-state index in [2.05, 4.69) is 20.9 Å². The van der Waals surface area contributed by atoms with E-state index in [1.807, 2.05) is 6.07 Å². The molecule has 4 N–H and O–H groups in total. The van der Waals surface area contributed by atoms with Gasteiger partial charge in [0.15, 0.2) is 0 Å². The van der Waals surface area contributed by atoms with Crippen molar-refractivity contribution in [2.45, 2.75) is 45.1 Å². The summed E-state index contributed by atoms with van der Waals surface area (Å²) in [5, 5.41) is 9.11. The number of aryl methyl sites for hydroxylation is 2. The average Bonchev–Trinajstić information content (AvgIpc) is 3.07. The van der Waals surface area contributed by atoms with Crippen LogP contribution in [0.25, 0.3) is 0 Å². The Morgan fingerprint density at radius 1 is 1.23 bits per heavy atom. The summed E-state index contributed by atoms with van der Waals surface area (Å²) in [5.41, 5.74) is 2.46. The second kappa shape index (κ2) is 6.87. The lowest BCUT2D eigenvalue weighted by Gasteiger charge is -2.45. The van der Waals surface area contributed by atoms with Crippen LogP contribution in [0.15, 0.2) is 10.9 Å². The third-order valence-corrected chi connectivity index (χ3v) is 6.29. The molecule has 0 bridgehead atoms. The molecular formula is C19H26N4O3. The topological polar surface area (TPSA) is 103 Å². The van der Waals surface area contributed by atoms with Crippen LogP contribution in [0, 0.1) is 11.3 Å². The summed E-state index contributed by atoms with van der Waals surface area (Å²) in [6.45, 7) is 2.29. The lowest BCUT2D eigenvalue weighted by molar-refractivity contribution is -0.138. The second-order valence-corrected chi connectivity index (χ2v) is 7.84. The third-order valence-electron chi connectivity index (χ3n) is 6.29. The highest BCUT2D eigenvalue weighted by Gasteiger charge is 2.47. The zero-order valence-corrected chi connectivity index (χ0v) is 15.0. The summed E-state index contributed by atoms with van der Waals surface area (Å²) >= 11 is 0. The Hall–Kier alpha value is -2.15. The molecule has 1 spiro atoms. The van der Waals surface area contributed by atoms with Gasteiger partial charge in [0.25, 0.3) is 5.56 Å². The first-order chi connectivity index (χ1) is 12.6. The molecule has 1 atom stereocenters. The quantitative estimate of drug-likeness (QED) is 0.610. The van der Waals surface area contributed by atoms with Crippen LogP contribution in [-0.4, -0.2) is 36.4 Å². The molecule has 2 aliphatic heterocycles. The molecule has 7 nitrogen and oxygen atoms in total. The van der Waals surface area contributed by atoms with Gasteiger partial charge in [0, 0.05) is 30.8 Å². The summed E-state index contributed by atoms with van der Waals surface area (Å²) in [4.78, 5) is 40.0. The maximum atomic E-state index is 12.9. The number of aromatic amines is 1. The van der Waals surface area contributed by atoms with Gasteiger partial charge in [0.1, 0.15) is 0 Å². The molecule has 140 valence electrons. The maximum absolute atomic E-state index is 12.9. The van der Waals surface area contributed by atoms with Gasteiger partial charge in [-0.3, -0.25) is 14.4 Å². The molecule has 1 aromatic rings.